The van der Waals surface area contributed by atoms with E-state index < -0.39 is 0 Å². The van der Waals surface area contributed by atoms with E-state index in [1.54, 1.807) is 0 Å². The molecule has 1 aliphatic heterocycles. The monoisotopic (exact) mass is 328 g/mol. The molecule has 3 aromatic rings. The topological polar surface area (TPSA) is 47.1 Å². The van der Waals surface area contributed by atoms with Gasteiger partial charge in [0.1, 0.15) is 5.69 Å². The highest BCUT2D eigenvalue weighted by atomic mass is 35.5. The summed E-state index contributed by atoms with van der Waals surface area (Å²) in [5, 5.41) is 4.88. The minimum atomic E-state index is 0.719. The van der Waals surface area contributed by atoms with Crippen LogP contribution in [-0.4, -0.2) is 26.2 Å². The number of aromatic nitrogens is 3. The second-order valence-electron chi connectivity index (χ2n) is 5.89. The number of hydrogen-bond donors (Lipinski definition) is 0. The fraction of sp³-hybridized carbons (Fsp3) is 0.294. The molecule has 0 spiro atoms. The van der Waals surface area contributed by atoms with E-state index in [-0.39, 0.29) is 0 Å². The van der Waals surface area contributed by atoms with Crippen LogP contribution in [0.3, 0.4) is 0 Å². The Bertz CT molecular complexity index is 821. The number of hydrogen-bond acceptors (Lipinski definition) is 4. The van der Waals surface area contributed by atoms with Gasteiger partial charge in [-0.3, -0.25) is 4.90 Å². The van der Waals surface area contributed by atoms with Crippen molar-refractivity contribution in [1.82, 2.24) is 19.6 Å². The molecule has 0 aliphatic carbocycles. The second kappa shape index (κ2) is 5.83. The highest BCUT2D eigenvalue weighted by Crippen LogP contribution is 2.23. The van der Waals surface area contributed by atoms with Crippen molar-refractivity contribution >= 4 is 11.6 Å². The molecule has 0 unspecified atom stereocenters. The van der Waals surface area contributed by atoms with Crippen molar-refractivity contribution in [3.8, 4) is 11.3 Å². The van der Waals surface area contributed by atoms with Crippen molar-refractivity contribution in [3.05, 3.63) is 58.8 Å². The number of rotatable bonds is 3. The Morgan fingerprint density at radius 2 is 2.09 bits per heavy atom. The van der Waals surface area contributed by atoms with Crippen molar-refractivity contribution in [1.29, 1.82) is 0 Å². The third kappa shape index (κ3) is 2.90. The van der Waals surface area contributed by atoms with Crippen LogP contribution < -0.4 is 0 Å². The lowest BCUT2D eigenvalue weighted by Crippen LogP contribution is -2.30. The predicted octanol–water partition coefficient (Wildman–Crippen LogP) is 3.29. The summed E-state index contributed by atoms with van der Waals surface area (Å²) < 4.78 is 7.61. The Kier molecular flexibility index (Phi) is 3.67. The van der Waals surface area contributed by atoms with Crippen molar-refractivity contribution in [2.45, 2.75) is 19.5 Å². The van der Waals surface area contributed by atoms with E-state index in [0.717, 1.165) is 53.8 Å². The summed E-state index contributed by atoms with van der Waals surface area (Å²) >= 11 is 5.92. The smallest absolute Gasteiger partial charge is 0.151 e. The SMILES string of the molecule is Cn1cnc2c1CCN(Cc1cc(-c3ccc(Cl)cc3)no1)C2. The Morgan fingerprint density at radius 3 is 2.91 bits per heavy atom. The van der Waals surface area contributed by atoms with Gasteiger partial charge in [-0.2, -0.15) is 0 Å². The molecule has 2 aromatic heterocycles. The molecule has 6 heteroatoms. The van der Waals surface area contributed by atoms with Gasteiger partial charge in [-0.1, -0.05) is 28.9 Å². The zero-order valence-corrected chi connectivity index (χ0v) is 13.6. The lowest BCUT2D eigenvalue weighted by Gasteiger charge is -2.25. The summed E-state index contributed by atoms with van der Waals surface area (Å²) in [5.74, 6) is 0.870. The molecule has 0 N–H and O–H groups in total. The standard InChI is InChI=1S/C17H17ClN4O/c1-21-11-19-16-10-22(7-6-17(16)21)9-14-8-15(20-23-14)12-2-4-13(18)5-3-12/h2-5,8,11H,6-7,9-10H2,1H3. The third-order valence-electron chi connectivity index (χ3n) is 4.26. The summed E-state index contributed by atoms with van der Waals surface area (Å²) in [6.45, 7) is 2.60. The zero-order valence-electron chi connectivity index (χ0n) is 12.9. The lowest BCUT2D eigenvalue weighted by molar-refractivity contribution is 0.211. The molecule has 0 fully saturated rings. The van der Waals surface area contributed by atoms with Crippen LogP contribution in [-0.2, 0) is 26.6 Å². The van der Waals surface area contributed by atoms with Crippen LogP contribution in [0.1, 0.15) is 17.1 Å². The van der Waals surface area contributed by atoms with Gasteiger partial charge < -0.3 is 9.09 Å². The molecule has 1 aromatic carbocycles. The van der Waals surface area contributed by atoms with Crippen molar-refractivity contribution in [2.24, 2.45) is 7.05 Å². The fourth-order valence-corrected chi connectivity index (χ4v) is 3.14. The number of nitrogens with zero attached hydrogens (tertiary/aromatic N) is 4. The van der Waals surface area contributed by atoms with Gasteiger partial charge in [-0.15, -0.1) is 0 Å². The van der Waals surface area contributed by atoms with Gasteiger partial charge in [0.2, 0.25) is 0 Å². The van der Waals surface area contributed by atoms with E-state index in [0.29, 0.717) is 0 Å². The molecular weight excluding hydrogens is 312 g/mol. The highest BCUT2D eigenvalue weighted by molar-refractivity contribution is 6.30. The van der Waals surface area contributed by atoms with Crippen molar-refractivity contribution in [3.63, 3.8) is 0 Å². The summed E-state index contributed by atoms with van der Waals surface area (Å²) in [7, 11) is 2.05. The molecule has 3 heterocycles. The highest BCUT2D eigenvalue weighted by Gasteiger charge is 2.21. The molecule has 23 heavy (non-hydrogen) atoms. The minimum Gasteiger partial charge on any atom is -0.359 e. The van der Waals surface area contributed by atoms with Gasteiger partial charge in [0, 0.05) is 48.9 Å². The normalized spacial score (nSPS) is 14.9. The third-order valence-corrected chi connectivity index (χ3v) is 4.51. The van der Waals surface area contributed by atoms with Crippen molar-refractivity contribution in [2.75, 3.05) is 6.54 Å². The van der Waals surface area contributed by atoms with Gasteiger partial charge >= 0.3 is 0 Å². The zero-order chi connectivity index (χ0) is 15.8. The molecule has 0 radical (unpaired) electrons. The first-order chi connectivity index (χ1) is 11.2. The van der Waals surface area contributed by atoms with E-state index >= 15 is 0 Å². The first-order valence-electron chi connectivity index (χ1n) is 7.62. The van der Waals surface area contributed by atoms with E-state index in [4.69, 9.17) is 16.1 Å². The summed E-state index contributed by atoms with van der Waals surface area (Å²) in [6, 6.07) is 9.62. The van der Waals surface area contributed by atoms with Crippen LogP contribution >= 0.6 is 11.6 Å². The first-order valence-corrected chi connectivity index (χ1v) is 8.00. The van der Waals surface area contributed by atoms with Gasteiger partial charge in [0.05, 0.1) is 18.6 Å². The summed E-state index contributed by atoms with van der Waals surface area (Å²) in [4.78, 5) is 6.81. The average molecular weight is 329 g/mol. The van der Waals surface area contributed by atoms with Gasteiger partial charge in [-0.25, -0.2) is 4.98 Å². The number of benzene rings is 1. The van der Waals surface area contributed by atoms with Gasteiger partial charge in [-0.05, 0) is 12.1 Å². The van der Waals surface area contributed by atoms with Gasteiger partial charge in [0.25, 0.3) is 0 Å². The predicted molar refractivity (Wildman–Crippen MR) is 88.0 cm³/mol. The molecule has 118 valence electrons. The van der Waals surface area contributed by atoms with Crippen LogP contribution in [0.5, 0.6) is 0 Å². The average Bonchev–Trinajstić information content (AvgIpc) is 3.16. The number of aryl methyl sites for hydroxylation is 1. The van der Waals surface area contributed by atoms with Crippen LogP contribution in [0, 0.1) is 0 Å². The molecule has 4 rings (SSSR count). The molecule has 0 saturated heterocycles. The molecule has 0 saturated carbocycles. The number of fused-ring (bicyclic) bond motifs is 1. The molecule has 5 nitrogen and oxygen atoms in total. The number of imidazole rings is 1. The Morgan fingerprint density at radius 1 is 1.26 bits per heavy atom. The minimum absolute atomic E-state index is 0.719. The van der Waals surface area contributed by atoms with Gasteiger partial charge in [0.15, 0.2) is 5.76 Å². The Labute approximate surface area is 139 Å². The summed E-state index contributed by atoms with van der Waals surface area (Å²) in [6.07, 6.45) is 2.91. The number of halogens is 1. The Hall–Kier alpha value is -2.11. The van der Waals surface area contributed by atoms with Crippen LogP contribution in [0.4, 0.5) is 0 Å². The van der Waals surface area contributed by atoms with Crippen LogP contribution in [0.25, 0.3) is 11.3 Å². The molecule has 1 aliphatic rings. The Balaban J connectivity index is 1.47. The lowest BCUT2D eigenvalue weighted by atomic mass is 10.1. The molecule has 0 atom stereocenters. The summed E-state index contributed by atoms with van der Waals surface area (Å²) in [5.41, 5.74) is 4.35. The fourth-order valence-electron chi connectivity index (χ4n) is 3.01. The maximum atomic E-state index is 5.92. The first kappa shape index (κ1) is 14.5. The van der Waals surface area contributed by atoms with E-state index in [2.05, 4.69) is 26.7 Å². The molecule has 0 amide bonds. The second-order valence-corrected chi connectivity index (χ2v) is 6.33. The van der Waals surface area contributed by atoms with Crippen molar-refractivity contribution < 1.29 is 4.52 Å². The van der Waals surface area contributed by atoms with Crippen LogP contribution in [0.2, 0.25) is 5.02 Å². The quantitative estimate of drug-likeness (QED) is 0.740. The van der Waals surface area contributed by atoms with E-state index in [1.807, 2.05) is 36.7 Å². The maximum Gasteiger partial charge on any atom is 0.151 e. The van der Waals surface area contributed by atoms with E-state index in [1.165, 1.54) is 5.69 Å². The van der Waals surface area contributed by atoms with Crippen LogP contribution in [0.15, 0.2) is 41.2 Å². The largest absolute Gasteiger partial charge is 0.359 e. The van der Waals surface area contributed by atoms with E-state index in [9.17, 15) is 0 Å². The maximum absolute atomic E-state index is 5.92. The molecular formula is C17H17ClN4O. The molecule has 0 bridgehead atoms.